The summed E-state index contributed by atoms with van der Waals surface area (Å²) in [4.78, 5) is 0. The molecule has 0 aromatic carbocycles. The van der Waals surface area contributed by atoms with E-state index in [1.165, 1.54) is 19.3 Å². The Morgan fingerprint density at radius 3 is 1.41 bits per heavy atom. The average Bonchev–Trinajstić information content (AvgIpc) is 2.16. The van der Waals surface area contributed by atoms with Crippen molar-refractivity contribution in [2.24, 2.45) is 29.4 Å². The smallest absolute Gasteiger partial charge is 0.0231 e. The van der Waals surface area contributed by atoms with Gasteiger partial charge in [-0.25, -0.2) is 0 Å². The van der Waals surface area contributed by atoms with Crippen LogP contribution in [-0.4, -0.2) is 6.54 Å². The van der Waals surface area contributed by atoms with E-state index in [9.17, 15) is 0 Å². The van der Waals surface area contributed by atoms with Gasteiger partial charge in [-0.3, -0.25) is 0 Å². The van der Waals surface area contributed by atoms with Crippen molar-refractivity contribution < 1.29 is 1.37 Å². The second kappa shape index (κ2) is 12.4. The lowest BCUT2D eigenvalue weighted by Gasteiger charge is -2.20. The van der Waals surface area contributed by atoms with E-state index in [0.29, 0.717) is 13.4 Å². The fourth-order valence-electron chi connectivity index (χ4n) is 2.49. The van der Waals surface area contributed by atoms with E-state index in [1.807, 2.05) is 0 Å². The van der Waals surface area contributed by atoms with E-state index in [-0.39, 0.29) is 0 Å². The fraction of sp³-hybridized carbons (Fsp3) is 1.00. The Morgan fingerprint density at radius 2 is 1.24 bits per heavy atom. The molecule has 106 valence electrons. The summed E-state index contributed by atoms with van der Waals surface area (Å²) in [6, 6.07) is 0. The van der Waals surface area contributed by atoms with Crippen molar-refractivity contribution in [2.45, 2.75) is 74.1 Å². The molecule has 1 heteroatoms. The highest BCUT2D eigenvalue weighted by Gasteiger charge is 2.11. The summed E-state index contributed by atoms with van der Waals surface area (Å²) in [5.74, 6) is 3.55. The summed E-state index contributed by atoms with van der Waals surface area (Å²) in [5.41, 5.74) is 5.02. The van der Waals surface area contributed by atoms with Crippen LogP contribution in [0.4, 0.5) is 0 Å². The molecule has 1 nitrogen and oxygen atoms in total. The third-order valence-electron chi connectivity index (χ3n) is 2.76. The first kappa shape index (κ1) is 17.0. The van der Waals surface area contributed by atoms with Gasteiger partial charge in [0.15, 0.2) is 0 Å². The lowest BCUT2D eigenvalue weighted by Crippen LogP contribution is -2.08. The molecule has 0 bridgehead atoms. The highest BCUT2D eigenvalue weighted by Crippen LogP contribution is 2.23. The van der Waals surface area contributed by atoms with Gasteiger partial charge >= 0.3 is 0 Å². The van der Waals surface area contributed by atoms with Gasteiger partial charge in [-0.2, -0.15) is 0 Å². The predicted molar refractivity (Wildman–Crippen MR) is 81.2 cm³/mol. The topological polar surface area (TPSA) is 26.0 Å². The molecule has 2 N–H and O–H groups in total. The van der Waals surface area contributed by atoms with Crippen LogP contribution in [0.25, 0.3) is 0 Å². The predicted octanol–water partition coefficient (Wildman–Crippen LogP) is 5.10. The van der Waals surface area contributed by atoms with E-state index >= 15 is 0 Å². The molecule has 2 unspecified atom stereocenters. The first-order valence-electron chi connectivity index (χ1n) is 8.03. The van der Waals surface area contributed by atoms with Gasteiger partial charge in [0, 0.05) is 1.37 Å². The summed E-state index contributed by atoms with van der Waals surface area (Å²) in [5, 5.41) is 0. The van der Waals surface area contributed by atoms with Crippen molar-refractivity contribution in [1.82, 2.24) is 0 Å². The number of hydrogen-bond donors (Lipinski definition) is 1. The third kappa shape index (κ3) is 18.5. The highest BCUT2D eigenvalue weighted by molar-refractivity contribution is 4.63. The molecule has 0 fully saturated rings. The van der Waals surface area contributed by atoms with Crippen LogP contribution in [0.1, 0.15) is 75.5 Å². The molecule has 0 rings (SSSR count). The molecule has 0 spiro atoms. The Morgan fingerprint density at radius 1 is 0.824 bits per heavy atom. The zero-order valence-corrected chi connectivity index (χ0v) is 13.1. The van der Waals surface area contributed by atoms with Crippen LogP contribution in [0.3, 0.4) is 0 Å². The molecule has 0 heterocycles. The van der Waals surface area contributed by atoms with E-state index in [4.69, 9.17) is 7.10 Å². The summed E-state index contributed by atoms with van der Waals surface area (Å²) < 4.78 is 6.52. The van der Waals surface area contributed by atoms with Gasteiger partial charge in [0.05, 0.1) is 0 Å². The van der Waals surface area contributed by atoms with Crippen LogP contribution in [0, 0.1) is 23.7 Å². The van der Waals surface area contributed by atoms with Crippen LogP contribution in [0.5, 0.6) is 0 Å². The Hall–Kier alpha value is -0.0400. The Bertz CT molecular complexity index is 141. The van der Waals surface area contributed by atoms with Crippen LogP contribution in [-0.2, 0) is 0 Å². The minimum atomic E-state index is 0.469. The molecule has 0 radical (unpaired) electrons. The van der Waals surface area contributed by atoms with Crippen molar-refractivity contribution in [3.63, 3.8) is 0 Å². The van der Waals surface area contributed by atoms with Crippen LogP contribution in [0.2, 0.25) is 0 Å². The first-order valence-corrected chi connectivity index (χ1v) is 7.32. The molecule has 0 aromatic rings. The van der Waals surface area contributed by atoms with Gasteiger partial charge in [0.2, 0.25) is 0 Å². The van der Waals surface area contributed by atoms with E-state index in [0.717, 1.165) is 30.1 Å². The summed E-state index contributed by atoms with van der Waals surface area (Å²) in [6.07, 6.45) is 5.03. The Balaban J connectivity index is 0. The maximum absolute atomic E-state index is 6.52. The third-order valence-corrected chi connectivity index (χ3v) is 2.76. The van der Waals surface area contributed by atoms with E-state index in [1.54, 1.807) is 0 Å². The normalized spacial score (nSPS) is 15.2. The molecular formula is C16H37N. The Labute approximate surface area is 112 Å². The molecule has 0 aromatic heterocycles. The van der Waals surface area contributed by atoms with Gasteiger partial charge in [0.1, 0.15) is 0 Å². The molecule has 17 heavy (non-hydrogen) atoms. The summed E-state index contributed by atoms with van der Waals surface area (Å²) in [7, 11) is 0. The van der Waals surface area contributed by atoms with Crippen molar-refractivity contribution in [3.8, 4) is 0 Å². The fourth-order valence-corrected chi connectivity index (χ4v) is 2.49. The van der Waals surface area contributed by atoms with Gasteiger partial charge in [-0.05, 0) is 55.9 Å². The van der Waals surface area contributed by atoms with Gasteiger partial charge < -0.3 is 5.73 Å². The number of hydrogen-bond acceptors (Lipinski definition) is 1. The monoisotopic (exact) mass is 243 g/mol. The maximum Gasteiger partial charge on any atom is 0.0231 e. The second-order valence-electron chi connectivity index (χ2n) is 6.35. The zero-order valence-electron chi connectivity index (χ0n) is 14.1. The quantitative estimate of drug-likeness (QED) is 0.661. The molecule has 0 aliphatic rings. The van der Waals surface area contributed by atoms with Gasteiger partial charge in [-0.15, -0.1) is 0 Å². The number of nitrogens with two attached hydrogens (primary N) is 1. The largest absolute Gasteiger partial charge is 0.330 e. The zero-order chi connectivity index (χ0) is 14.6. The summed E-state index contributed by atoms with van der Waals surface area (Å²) >= 11 is 0. The van der Waals surface area contributed by atoms with Crippen molar-refractivity contribution in [2.75, 3.05) is 6.54 Å². The first-order chi connectivity index (χ1) is 8.33. The molecule has 0 saturated carbocycles. The standard InChI is InChI=1S/C13H28.C3H9N/c1-10(2)7-12(5)9-13(6)8-11(3)4;1-2-3-4/h10-13H,7-9H2,1-6H3;2-4H2,1H3/i;1H. The molecule has 2 atom stereocenters. The lowest BCUT2D eigenvalue weighted by atomic mass is 9.86. The molecule has 0 aliphatic carbocycles. The molecule has 0 saturated heterocycles. The molecule has 0 aliphatic heterocycles. The molecule has 0 amide bonds. The van der Waals surface area contributed by atoms with Crippen LogP contribution in [0.15, 0.2) is 0 Å². The minimum absolute atomic E-state index is 0.469. The number of rotatable bonds is 7. The van der Waals surface area contributed by atoms with Crippen LogP contribution < -0.4 is 5.73 Å². The maximum atomic E-state index is 6.52. The van der Waals surface area contributed by atoms with Crippen LogP contribution >= 0.6 is 0 Å². The van der Waals surface area contributed by atoms with Gasteiger partial charge in [0.25, 0.3) is 0 Å². The second-order valence-corrected chi connectivity index (χ2v) is 6.35. The van der Waals surface area contributed by atoms with Gasteiger partial charge in [-0.1, -0.05) is 48.4 Å². The van der Waals surface area contributed by atoms with Crippen molar-refractivity contribution in [1.29, 1.82) is 0 Å². The summed E-state index contributed by atoms with van der Waals surface area (Å²) in [6.45, 7) is 15.2. The van der Waals surface area contributed by atoms with Crippen molar-refractivity contribution >= 4 is 0 Å². The van der Waals surface area contributed by atoms with E-state index < -0.39 is 0 Å². The molecular weight excluding hydrogens is 206 g/mol. The van der Waals surface area contributed by atoms with E-state index in [2.05, 4.69) is 41.5 Å². The van der Waals surface area contributed by atoms with Crippen molar-refractivity contribution in [3.05, 3.63) is 0 Å². The minimum Gasteiger partial charge on any atom is -0.330 e. The highest BCUT2D eigenvalue weighted by atomic mass is 14.5. The average molecular weight is 243 g/mol. The SMILES string of the molecule is CC(C)CC(C)CC(C)CC(C)C.[1H]CCCN. The lowest BCUT2D eigenvalue weighted by molar-refractivity contribution is 0.320. The Kier molecular flexibility index (Phi) is 12.4.